The minimum absolute atomic E-state index is 0.534. The van der Waals surface area contributed by atoms with E-state index in [1.54, 1.807) is 0 Å². The molecule has 2 aromatic heterocycles. The highest BCUT2D eigenvalue weighted by molar-refractivity contribution is 4.94. The fourth-order valence-corrected chi connectivity index (χ4v) is 2.97. The molecule has 3 rings (SSSR count). The average Bonchev–Trinajstić information content (AvgIpc) is 3.06. The first-order chi connectivity index (χ1) is 9.63. The molecule has 2 aromatic rings. The number of aryl methyl sites for hydroxylation is 3. The normalized spacial score (nSPS) is 19.9. The van der Waals surface area contributed by atoms with Gasteiger partial charge in [0.2, 0.25) is 0 Å². The zero-order valence-electron chi connectivity index (χ0n) is 12.5. The Hall–Kier alpha value is -1.69. The van der Waals surface area contributed by atoms with Crippen LogP contribution in [0.25, 0.3) is 0 Å². The van der Waals surface area contributed by atoms with Gasteiger partial charge in [-0.3, -0.25) is 4.90 Å². The molecule has 0 bridgehead atoms. The lowest BCUT2D eigenvalue weighted by molar-refractivity contribution is 0.211. The summed E-state index contributed by atoms with van der Waals surface area (Å²) in [5.74, 6) is 2.99. The van der Waals surface area contributed by atoms with Crippen LogP contribution in [0.2, 0.25) is 0 Å². The SMILES string of the molecule is Cc1nc(C)n(CC2CCCN2Cc2nccn2C)n1. The van der Waals surface area contributed by atoms with Gasteiger partial charge in [0.15, 0.2) is 0 Å². The minimum atomic E-state index is 0.534. The maximum atomic E-state index is 4.48. The number of likely N-dealkylation sites (tertiary alicyclic amines) is 1. The molecule has 20 heavy (non-hydrogen) atoms. The lowest BCUT2D eigenvalue weighted by atomic mass is 10.2. The van der Waals surface area contributed by atoms with Crippen molar-refractivity contribution < 1.29 is 0 Å². The summed E-state index contributed by atoms with van der Waals surface area (Å²) in [6.07, 6.45) is 6.35. The summed E-state index contributed by atoms with van der Waals surface area (Å²) in [5.41, 5.74) is 0. The van der Waals surface area contributed by atoms with Crippen LogP contribution in [0.3, 0.4) is 0 Å². The molecule has 6 heteroatoms. The Morgan fingerprint density at radius 1 is 1.35 bits per heavy atom. The summed E-state index contributed by atoms with van der Waals surface area (Å²) < 4.78 is 4.14. The van der Waals surface area contributed by atoms with Crippen LogP contribution in [-0.2, 0) is 20.1 Å². The first-order valence-corrected chi connectivity index (χ1v) is 7.22. The summed E-state index contributed by atoms with van der Waals surface area (Å²) >= 11 is 0. The molecular formula is C14H22N6. The number of aromatic nitrogens is 5. The molecule has 0 aromatic carbocycles. The van der Waals surface area contributed by atoms with Crippen molar-refractivity contribution in [2.45, 2.75) is 45.8 Å². The third kappa shape index (κ3) is 2.60. The van der Waals surface area contributed by atoms with Gasteiger partial charge in [-0.2, -0.15) is 5.10 Å². The van der Waals surface area contributed by atoms with Gasteiger partial charge in [0, 0.05) is 25.5 Å². The third-order valence-electron chi connectivity index (χ3n) is 4.11. The van der Waals surface area contributed by atoms with Crippen LogP contribution >= 0.6 is 0 Å². The van der Waals surface area contributed by atoms with E-state index < -0.39 is 0 Å². The second kappa shape index (κ2) is 5.36. The second-order valence-electron chi connectivity index (χ2n) is 5.61. The van der Waals surface area contributed by atoms with E-state index in [2.05, 4.69) is 31.6 Å². The van der Waals surface area contributed by atoms with E-state index in [1.807, 2.05) is 30.9 Å². The van der Waals surface area contributed by atoms with E-state index in [1.165, 1.54) is 12.8 Å². The smallest absolute Gasteiger partial charge is 0.147 e. The molecule has 6 nitrogen and oxygen atoms in total. The maximum absolute atomic E-state index is 4.48. The highest BCUT2D eigenvalue weighted by atomic mass is 15.4. The lowest BCUT2D eigenvalue weighted by Crippen LogP contribution is -2.34. The predicted molar refractivity (Wildman–Crippen MR) is 76.1 cm³/mol. The maximum Gasteiger partial charge on any atom is 0.147 e. The van der Waals surface area contributed by atoms with Gasteiger partial charge in [-0.15, -0.1) is 0 Å². The van der Waals surface area contributed by atoms with E-state index >= 15 is 0 Å². The van der Waals surface area contributed by atoms with Crippen LogP contribution in [0.4, 0.5) is 0 Å². The fraction of sp³-hybridized carbons (Fsp3) is 0.643. The Morgan fingerprint density at radius 3 is 2.85 bits per heavy atom. The first-order valence-electron chi connectivity index (χ1n) is 7.22. The molecule has 0 spiro atoms. The van der Waals surface area contributed by atoms with Crippen LogP contribution in [0.5, 0.6) is 0 Å². The van der Waals surface area contributed by atoms with Crippen LogP contribution < -0.4 is 0 Å². The zero-order chi connectivity index (χ0) is 14.1. The van der Waals surface area contributed by atoms with Crippen LogP contribution in [0.15, 0.2) is 12.4 Å². The molecule has 0 amide bonds. The summed E-state index contributed by atoms with van der Waals surface area (Å²) in [6.45, 7) is 6.96. The van der Waals surface area contributed by atoms with Gasteiger partial charge in [-0.05, 0) is 33.2 Å². The van der Waals surface area contributed by atoms with E-state index in [0.717, 1.165) is 37.1 Å². The van der Waals surface area contributed by atoms with Gasteiger partial charge in [0.25, 0.3) is 0 Å². The highest BCUT2D eigenvalue weighted by Gasteiger charge is 2.26. The van der Waals surface area contributed by atoms with Gasteiger partial charge in [0.05, 0.1) is 13.1 Å². The van der Waals surface area contributed by atoms with Crippen molar-refractivity contribution in [1.82, 2.24) is 29.2 Å². The molecule has 1 saturated heterocycles. The van der Waals surface area contributed by atoms with E-state index in [0.29, 0.717) is 6.04 Å². The Morgan fingerprint density at radius 2 is 2.20 bits per heavy atom. The van der Waals surface area contributed by atoms with Gasteiger partial charge < -0.3 is 4.57 Å². The van der Waals surface area contributed by atoms with Crippen molar-refractivity contribution >= 4 is 0 Å². The number of rotatable bonds is 4. The Labute approximate surface area is 119 Å². The molecule has 0 saturated carbocycles. The second-order valence-corrected chi connectivity index (χ2v) is 5.61. The average molecular weight is 274 g/mol. The van der Waals surface area contributed by atoms with Crippen molar-refractivity contribution in [3.8, 4) is 0 Å². The van der Waals surface area contributed by atoms with Gasteiger partial charge >= 0.3 is 0 Å². The van der Waals surface area contributed by atoms with Crippen molar-refractivity contribution in [2.75, 3.05) is 6.54 Å². The fourth-order valence-electron chi connectivity index (χ4n) is 2.97. The molecule has 1 fully saturated rings. The zero-order valence-corrected chi connectivity index (χ0v) is 12.5. The van der Waals surface area contributed by atoms with Crippen molar-refractivity contribution in [3.05, 3.63) is 29.9 Å². The van der Waals surface area contributed by atoms with Gasteiger partial charge in [-0.25, -0.2) is 14.6 Å². The molecule has 0 aliphatic carbocycles. The summed E-state index contributed by atoms with van der Waals surface area (Å²) in [7, 11) is 2.05. The summed E-state index contributed by atoms with van der Waals surface area (Å²) in [4.78, 5) is 11.3. The molecule has 1 atom stereocenters. The Bertz CT molecular complexity index is 584. The molecule has 108 valence electrons. The van der Waals surface area contributed by atoms with Crippen LogP contribution in [0.1, 0.15) is 30.3 Å². The van der Waals surface area contributed by atoms with E-state index in [4.69, 9.17) is 0 Å². The van der Waals surface area contributed by atoms with Crippen molar-refractivity contribution in [3.63, 3.8) is 0 Å². The monoisotopic (exact) mass is 274 g/mol. The molecule has 1 unspecified atom stereocenters. The highest BCUT2D eigenvalue weighted by Crippen LogP contribution is 2.21. The van der Waals surface area contributed by atoms with Crippen LogP contribution in [-0.4, -0.2) is 41.8 Å². The number of imidazole rings is 1. The summed E-state index contributed by atoms with van der Waals surface area (Å²) in [5, 5.41) is 4.48. The largest absolute Gasteiger partial charge is 0.337 e. The predicted octanol–water partition coefficient (Wildman–Crippen LogP) is 1.29. The number of nitrogens with zero attached hydrogens (tertiary/aromatic N) is 6. The molecule has 1 aliphatic heterocycles. The first kappa shape index (κ1) is 13.3. The van der Waals surface area contributed by atoms with Gasteiger partial charge in [0.1, 0.15) is 17.5 Å². The molecule has 3 heterocycles. The summed E-state index contributed by atoms with van der Waals surface area (Å²) in [6, 6.07) is 0.534. The molecule has 0 N–H and O–H groups in total. The van der Waals surface area contributed by atoms with E-state index in [9.17, 15) is 0 Å². The van der Waals surface area contributed by atoms with Gasteiger partial charge in [-0.1, -0.05) is 0 Å². The Kier molecular flexibility index (Phi) is 3.56. The van der Waals surface area contributed by atoms with Crippen molar-refractivity contribution in [2.24, 2.45) is 7.05 Å². The number of hydrogen-bond donors (Lipinski definition) is 0. The van der Waals surface area contributed by atoms with Crippen molar-refractivity contribution in [1.29, 1.82) is 0 Å². The standard InChI is InChI=1S/C14H22N6/c1-11-16-12(2)20(17-11)9-13-5-4-7-19(13)10-14-15-6-8-18(14)3/h6,8,13H,4-5,7,9-10H2,1-3H3. The Balaban J connectivity index is 1.69. The molecule has 0 radical (unpaired) electrons. The molecular weight excluding hydrogens is 252 g/mol. The number of hydrogen-bond acceptors (Lipinski definition) is 4. The molecule has 1 aliphatic rings. The van der Waals surface area contributed by atoms with Crippen LogP contribution in [0, 0.1) is 13.8 Å². The van der Waals surface area contributed by atoms with E-state index in [-0.39, 0.29) is 0 Å². The quantitative estimate of drug-likeness (QED) is 0.843. The topological polar surface area (TPSA) is 51.8 Å². The lowest BCUT2D eigenvalue weighted by Gasteiger charge is -2.24. The minimum Gasteiger partial charge on any atom is -0.337 e. The third-order valence-corrected chi connectivity index (χ3v) is 4.11.